The third kappa shape index (κ3) is 13.2. The lowest BCUT2D eigenvalue weighted by Crippen LogP contribution is -2.33. The molecule has 2 aliphatic heterocycles. The highest BCUT2D eigenvalue weighted by Gasteiger charge is 2.35. The van der Waals surface area contributed by atoms with Crippen LogP contribution in [0.2, 0.25) is 0 Å². The molecule has 0 bridgehead atoms. The lowest BCUT2D eigenvalue weighted by atomic mass is 10.1. The Hall–Kier alpha value is -4.34. The Balaban J connectivity index is 0.000000286. The molecule has 0 atom stereocenters. The standard InChI is InChI=1S/C17H22N2O5.C12H12BrNO2.C5H11NO3/c1-17(2,3)24-16(22)18-23-11-7-6-10-19-14(20)12-8-4-5-9-13(12)15(19)21;13-7-3-4-8-14-11(15)9-5-1-2-6-10(9)12(14)16;1-5(2,3)9-4(7)6-8/h4-5,8-9H,6-7,10-11H2,1-3H3,(H,18,22);1-2,5-6H,3-4,7-8H2;8H,1-3H3,(H,6,7). The highest BCUT2D eigenvalue weighted by Crippen LogP contribution is 2.23. The summed E-state index contributed by atoms with van der Waals surface area (Å²) in [4.78, 5) is 77.3. The summed E-state index contributed by atoms with van der Waals surface area (Å²) in [5, 5.41) is 8.87. The number of imide groups is 2. The zero-order chi connectivity index (χ0) is 36.8. The number of amides is 6. The predicted molar refractivity (Wildman–Crippen MR) is 182 cm³/mol. The number of hydrogen-bond donors (Lipinski definition) is 3. The summed E-state index contributed by atoms with van der Waals surface area (Å²) in [6.07, 6.45) is 1.50. The SMILES string of the molecule is CC(C)(C)OC(=O)NO.CC(C)(C)OC(=O)NOCCCCN1C(=O)c2ccccc2C1=O.O=C1c2ccccc2C(=O)N1CCCCBr. The Morgan fingerprint density at radius 1 is 0.653 bits per heavy atom. The maximum atomic E-state index is 12.1. The van der Waals surface area contributed by atoms with Crippen molar-refractivity contribution in [1.82, 2.24) is 20.8 Å². The second-order valence-electron chi connectivity index (χ2n) is 12.8. The van der Waals surface area contributed by atoms with Crippen LogP contribution in [0.15, 0.2) is 48.5 Å². The van der Waals surface area contributed by atoms with Gasteiger partial charge in [0.05, 0.1) is 28.9 Å². The normalized spacial score (nSPS) is 13.5. The highest BCUT2D eigenvalue weighted by atomic mass is 79.9. The minimum Gasteiger partial charge on any atom is -0.442 e. The molecule has 0 aromatic heterocycles. The van der Waals surface area contributed by atoms with Crippen LogP contribution < -0.4 is 11.0 Å². The maximum Gasteiger partial charge on any atom is 0.431 e. The number of ether oxygens (including phenoxy) is 2. The second kappa shape index (κ2) is 19.0. The van der Waals surface area contributed by atoms with E-state index in [1.165, 1.54) is 15.3 Å². The first-order valence-corrected chi connectivity index (χ1v) is 16.8. The van der Waals surface area contributed by atoms with E-state index in [0.717, 1.165) is 18.2 Å². The van der Waals surface area contributed by atoms with Gasteiger partial charge in [0.15, 0.2) is 0 Å². The quantitative estimate of drug-likeness (QED) is 0.0873. The molecule has 49 heavy (non-hydrogen) atoms. The van der Waals surface area contributed by atoms with Crippen LogP contribution in [0, 0.1) is 0 Å². The molecule has 4 rings (SSSR count). The number of carbonyl (C=O) groups is 6. The Morgan fingerprint density at radius 2 is 1.02 bits per heavy atom. The fraction of sp³-hybridized carbons (Fsp3) is 0.471. The van der Waals surface area contributed by atoms with Crippen LogP contribution in [0.3, 0.4) is 0 Å². The van der Waals surface area contributed by atoms with E-state index in [1.54, 1.807) is 90.1 Å². The first kappa shape index (κ1) is 40.8. The summed E-state index contributed by atoms with van der Waals surface area (Å²) in [5.74, 6) is -0.836. The summed E-state index contributed by atoms with van der Waals surface area (Å²) in [6.45, 7) is 11.5. The Labute approximate surface area is 294 Å². The molecule has 0 fully saturated rings. The van der Waals surface area contributed by atoms with E-state index in [2.05, 4.69) is 26.1 Å². The van der Waals surface area contributed by atoms with Gasteiger partial charge in [0, 0.05) is 18.4 Å². The van der Waals surface area contributed by atoms with Crippen molar-refractivity contribution in [3.63, 3.8) is 0 Å². The molecule has 2 aromatic rings. The average molecular weight is 750 g/mol. The summed E-state index contributed by atoms with van der Waals surface area (Å²) < 4.78 is 9.60. The molecule has 268 valence electrons. The van der Waals surface area contributed by atoms with Crippen LogP contribution in [0.4, 0.5) is 9.59 Å². The molecule has 2 aromatic carbocycles. The number of hydrogen-bond acceptors (Lipinski definition) is 10. The van der Waals surface area contributed by atoms with E-state index in [4.69, 9.17) is 14.8 Å². The van der Waals surface area contributed by atoms with E-state index in [-0.39, 0.29) is 30.2 Å². The van der Waals surface area contributed by atoms with Gasteiger partial charge in [0.1, 0.15) is 11.2 Å². The third-order valence-electron chi connectivity index (χ3n) is 6.44. The monoisotopic (exact) mass is 748 g/mol. The fourth-order valence-electron chi connectivity index (χ4n) is 4.40. The number of rotatable bonds is 10. The summed E-state index contributed by atoms with van der Waals surface area (Å²) >= 11 is 3.33. The molecule has 0 radical (unpaired) electrons. The maximum absolute atomic E-state index is 12.1. The van der Waals surface area contributed by atoms with E-state index < -0.39 is 23.4 Å². The number of carbonyl (C=O) groups excluding carboxylic acids is 6. The van der Waals surface area contributed by atoms with Crippen molar-refractivity contribution >= 4 is 51.7 Å². The van der Waals surface area contributed by atoms with Gasteiger partial charge in [-0.05, 0) is 91.5 Å². The number of nitrogens with one attached hydrogen (secondary N) is 2. The number of hydroxylamine groups is 2. The molecule has 0 spiro atoms. The van der Waals surface area contributed by atoms with Crippen LogP contribution >= 0.6 is 15.9 Å². The van der Waals surface area contributed by atoms with Gasteiger partial charge in [-0.2, -0.15) is 5.48 Å². The largest absolute Gasteiger partial charge is 0.442 e. The number of nitrogens with zero attached hydrogens (tertiary/aromatic N) is 2. The van der Waals surface area contributed by atoms with Crippen molar-refractivity contribution in [1.29, 1.82) is 0 Å². The Kier molecular flexibility index (Phi) is 15.8. The molecule has 0 unspecified atom stereocenters. The number of unbranched alkanes of at least 4 members (excludes halogenated alkanes) is 2. The Morgan fingerprint density at radius 3 is 1.35 bits per heavy atom. The van der Waals surface area contributed by atoms with Gasteiger partial charge in [-0.25, -0.2) is 15.1 Å². The molecular weight excluding hydrogens is 704 g/mol. The molecule has 15 heteroatoms. The number of fused-ring (bicyclic) bond motifs is 2. The van der Waals surface area contributed by atoms with Gasteiger partial charge < -0.3 is 9.47 Å². The molecule has 0 aliphatic carbocycles. The molecule has 14 nitrogen and oxygen atoms in total. The van der Waals surface area contributed by atoms with Gasteiger partial charge in [-0.3, -0.25) is 39.0 Å². The zero-order valence-corrected chi connectivity index (χ0v) is 30.3. The molecule has 2 aliphatic rings. The minimum atomic E-state index is -0.831. The van der Waals surface area contributed by atoms with E-state index in [0.29, 0.717) is 48.2 Å². The van der Waals surface area contributed by atoms with Crippen molar-refractivity contribution in [3.05, 3.63) is 70.8 Å². The van der Waals surface area contributed by atoms with Crippen molar-refractivity contribution in [2.45, 2.75) is 78.4 Å². The molecule has 6 amide bonds. The topological polar surface area (TPSA) is 181 Å². The lowest BCUT2D eigenvalue weighted by molar-refractivity contribution is -0.00870. The van der Waals surface area contributed by atoms with Crippen LogP contribution in [0.5, 0.6) is 0 Å². The van der Waals surface area contributed by atoms with Gasteiger partial charge in [0.2, 0.25) is 0 Å². The Bertz CT molecular complexity index is 1420. The summed E-state index contributed by atoms with van der Waals surface area (Å²) in [6, 6.07) is 13.8. The van der Waals surface area contributed by atoms with Crippen molar-refractivity contribution < 1.29 is 48.3 Å². The van der Waals surface area contributed by atoms with Crippen molar-refractivity contribution in [3.8, 4) is 0 Å². The first-order valence-electron chi connectivity index (χ1n) is 15.7. The second-order valence-corrected chi connectivity index (χ2v) is 13.6. The summed E-state index contributed by atoms with van der Waals surface area (Å²) in [7, 11) is 0. The first-order chi connectivity index (χ1) is 23.0. The van der Waals surface area contributed by atoms with E-state index in [1.807, 2.05) is 0 Å². The fourth-order valence-corrected chi connectivity index (χ4v) is 4.80. The number of alkyl halides is 1. The molecule has 0 saturated carbocycles. The molecular formula is C34H45BrN4O10. The smallest absolute Gasteiger partial charge is 0.431 e. The summed E-state index contributed by atoms with van der Waals surface area (Å²) in [5.41, 5.74) is 4.38. The molecule has 2 heterocycles. The van der Waals surface area contributed by atoms with Crippen LogP contribution in [0.1, 0.15) is 109 Å². The van der Waals surface area contributed by atoms with Crippen LogP contribution in [-0.4, -0.2) is 87.1 Å². The number of benzene rings is 2. The third-order valence-corrected chi connectivity index (χ3v) is 7.01. The molecule has 3 N–H and O–H groups in total. The lowest BCUT2D eigenvalue weighted by Gasteiger charge is -2.19. The zero-order valence-electron chi connectivity index (χ0n) is 28.7. The van der Waals surface area contributed by atoms with Gasteiger partial charge in [0.25, 0.3) is 23.6 Å². The van der Waals surface area contributed by atoms with Crippen LogP contribution in [-0.2, 0) is 14.3 Å². The van der Waals surface area contributed by atoms with E-state index in [9.17, 15) is 28.8 Å². The van der Waals surface area contributed by atoms with Gasteiger partial charge in [-0.1, -0.05) is 40.2 Å². The van der Waals surface area contributed by atoms with Crippen molar-refractivity contribution in [2.24, 2.45) is 0 Å². The van der Waals surface area contributed by atoms with Gasteiger partial charge >= 0.3 is 12.2 Å². The van der Waals surface area contributed by atoms with E-state index >= 15 is 0 Å². The van der Waals surface area contributed by atoms with Crippen molar-refractivity contribution in [2.75, 3.05) is 25.0 Å². The molecule has 0 saturated heterocycles. The highest BCUT2D eigenvalue weighted by molar-refractivity contribution is 9.09. The predicted octanol–water partition coefficient (Wildman–Crippen LogP) is 5.88. The average Bonchev–Trinajstić information content (AvgIpc) is 3.42. The van der Waals surface area contributed by atoms with Gasteiger partial charge in [-0.15, -0.1) is 0 Å². The minimum absolute atomic E-state index is 0.157. The number of halogens is 1. The van der Waals surface area contributed by atoms with Crippen LogP contribution in [0.25, 0.3) is 0 Å².